The number of anilines is 1. The van der Waals surface area contributed by atoms with Crippen LogP contribution in [0.3, 0.4) is 0 Å². The Kier molecular flexibility index (Phi) is 5.27. The number of hydrogen-bond donors (Lipinski definition) is 1. The van der Waals surface area contributed by atoms with Crippen LogP contribution in [0.25, 0.3) is 0 Å². The summed E-state index contributed by atoms with van der Waals surface area (Å²) in [6.07, 6.45) is 3.90. The molecule has 0 aliphatic carbocycles. The number of carbonyl (C=O) groups is 1. The Bertz CT molecular complexity index is 706. The number of aromatic nitrogens is 2. The average molecular weight is 346 g/mol. The second-order valence-electron chi connectivity index (χ2n) is 5.84. The number of nitrogens with zero attached hydrogens (tertiary/aromatic N) is 4. The van der Waals surface area contributed by atoms with Gasteiger partial charge in [0.05, 0.1) is 0 Å². The molecule has 1 aliphatic rings. The van der Waals surface area contributed by atoms with Crippen molar-refractivity contribution >= 4 is 23.3 Å². The molecule has 1 aromatic heterocycles. The predicted molar refractivity (Wildman–Crippen MR) is 93.7 cm³/mol. The third kappa shape index (κ3) is 4.01. The molecule has 0 atom stereocenters. The molecule has 24 heavy (non-hydrogen) atoms. The van der Waals surface area contributed by atoms with Crippen LogP contribution in [0.2, 0.25) is 5.02 Å². The fourth-order valence-electron chi connectivity index (χ4n) is 2.84. The minimum atomic E-state index is -0.144. The van der Waals surface area contributed by atoms with Crippen molar-refractivity contribution < 1.29 is 4.79 Å². The molecule has 1 fully saturated rings. The molecule has 0 bridgehead atoms. The lowest BCUT2D eigenvalue weighted by molar-refractivity contribution is 0.0756. The summed E-state index contributed by atoms with van der Waals surface area (Å²) in [6, 6.07) is 7.88. The number of halogens is 1. The van der Waals surface area contributed by atoms with Crippen LogP contribution in [-0.4, -0.2) is 51.9 Å². The van der Waals surface area contributed by atoms with Gasteiger partial charge in [0.15, 0.2) is 11.5 Å². The van der Waals surface area contributed by atoms with Crippen LogP contribution in [0.5, 0.6) is 0 Å². The second kappa shape index (κ2) is 7.59. The van der Waals surface area contributed by atoms with Gasteiger partial charge in [0, 0.05) is 50.1 Å². The molecule has 1 aromatic carbocycles. The predicted octanol–water partition coefficient (Wildman–Crippen LogP) is 2.06. The maximum absolute atomic E-state index is 12.6. The molecule has 0 saturated carbocycles. The van der Waals surface area contributed by atoms with Gasteiger partial charge in [-0.1, -0.05) is 23.7 Å². The van der Waals surface area contributed by atoms with E-state index in [-0.39, 0.29) is 17.4 Å². The van der Waals surface area contributed by atoms with Crippen LogP contribution in [-0.2, 0) is 6.54 Å². The first-order valence-electron chi connectivity index (χ1n) is 7.96. The molecule has 126 valence electrons. The number of carbonyl (C=O) groups excluding carboxylic acids is 1. The molecule has 0 radical (unpaired) electrons. The number of amides is 1. The minimum Gasteiger partial charge on any atom is -0.382 e. The Morgan fingerprint density at radius 2 is 1.83 bits per heavy atom. The Morgan fingerprint density at radius 3 is 2.58 bits per heavy atom. The number of nitrogen functional groups attached to an aromatic ring is 1. The highest BCUT2D eigenvalue weighted by atomic mass is 35.5. The maximum atomic E-state index is 12.6. The van der Waals surface area contributed by atoms with Crippen LogP contribution in [0, 0.1) is 0 Å². The van der Waals surface area contributed by atoms with Gasteiger partial charge < -0.3 is 10.6 Å². The van der Waals surface area contributed by atoms with Gasteiger partial charge >= 0.3 is 0 Å². The summed E-state index contributed by atoms with van der Waals surface area (Å²) in [7, 11) is 0. The topological polar surface area (TPSA) is 75.3 Å². The number of rotatable bonds is 3. The van der Waals surface area contributed by atoms with E-state index in [1.54, 1.807) is 0 Å². The van der Waals surface area contributed by atoms with E-state index >= 15 is 0 Å². The summed E-state index contributed by atoms with van der Waals surface area (Å²) in [6.45, 7) is 3.97. The molecule has 2 aromatic rings. The van der Waals surface area contributed by atoms with Crippen molar-refractivity contribution in [3.05, 3.63) is 52.9 Å². The van der Waals surface area contributed by atoms with Gasteiger partial charge in [0.1, 0.15) is 0 Å². The first-order chi connectivity index (χ1) is 11.6. The van der Waals surface area contributed by atoms with Gasteiger partial charge in [-0.15, -0.1) is 0 Å². The van der Waals surface area contributed by atoms with Crippen LogP contribution in [0.15, 0.2) is 36.7 Å². The molecule has 7 heteroatoms. The highest BCUT2D eigenvalue weighted by Crippen LogP contribution is 2.15. The SMILES string of the molecule is Nc1nccnc1C(=O)N1CCCN(Cc2ccc(Cl)cc2)CC1. The number of benzene rings is 1. The first-order valence-corrected chi connectivity index (χ1v) is 8.34. The Balaban J connectivity index is 1.61. The zero-order valence-electron chi connectivity index (χ0n) is 13.4. The van der Waals surface area contributed by atoms with Gasteiger partial charge in [0.25, 0.3) is 5.91 Å². The molecule has 6 nitrogen and oxygen atoms in total. The molecular formula is C17H20ClN5O. The zero-order chi connectivity index (χ0) is 16.9. The fraction of sp³-hybridized carbons (Fsp3) is 0.353. The Labute approximate surface area is 146 Å². The van der Waals surface area contributed by atoms with Crippen molar-refractivity contribution in [2.45, 2.75) is 13.0 Å². The van der Waals surface area contributed by atoms with Gasteiger partial charge in [-0.25, -0.2) is 9.97 Å². The van der Waals surface area contributed by atoms with E-state index in [1.807, 2.05) is 29.2 Å². The lowest BCUT2D eigenvalue weighted by Gasteiger charge is -2.22. The zero-order valence-corrected chi connectivity index (χ0v) is 14.1. The van der Waals surface area contributed by atoms with Crippen molar-refractivity contribution in [3.63, 3.8) is 0 Å². The molecular weight excluding hydrogens is 326 g/mol. The standard InChI is InChI=1S/C17H20ClN5O/c18-14-4-2-13(3-5-14)12-22-8-1-9-23(11-10-22)17(24)15-16(19)21-7-6-20-15/h2-7H,1,8-12H2,(H2,19,21). The van der Waals surface area contributed by atoms with Gasteiger partial charge in [-0.05, 0) is 24.1 Å². The third-order valence-corrected chi connectivity index (χ3v) is 4.38. The summed E-state index contributed by atoms with van der Waals surface area (Å²) >= 11 is 5.93. The molecule has 2 heterocycles. The maximum Gasteiger partial charge on any atom is 0.276 e. The van der Waals surface area contributed by atoms with Gasteiger partial charge in [-0.2, -0.15) is 0 Å². The molecule has 0 unspecified atom stereocenters. The second-order valence-corrected chi connectivity index (χ2v) is 6.27. The first kappa shape index (κ1) is 16.7. The monoisotopic (exact) mass is 345 g/mol. The molecule has 3 rings (SSSR count). The Morgan fingerprint density at radius 1 is 1.08 bits per heavy atom. The van der Waals surface area contributed by atoms with Crippen molar-refractivity contribution in [1.29, 1.82) is 0 Å². The van der Waals surface area contributed by atoms with E-state index in [4.69, 9.17) is 17.3 Å². The average Bonchev–Trinajstić information content (AvgIpc) is 2.82. The summed E-state index contributed by atoms with van der Waals surface area (Å²) in [5, 5.41) is 0.743. The largest absolute Gasteiger partial charge is 0.382 e. The Hall–Kier alpha value is -2.18. The quantitative estimate of drug-likeness (QED) is 0.921. The van der Waals surface area contributed by atoms with Crippen LogP contribution in [0.4, 0.5) is 5.82 Å². The van der Waals surface area contributed by atoms with E-state index in [1.165, 1.54) is 18.0 Å². The van der Waals surface area contributed by atoms with Crippen molar-refractivity contribution in [2.75, 3.05) is 31.9 Å². The van der Waals surface area contributed by atoms with Crippen LogP contribution < -0.4 is 5.73 Å². The fourth-order valence-corrected chi connectivity index (χ4v) is 2.97. The van der Waals surface area contributed by atoms with Crippen molar-refractivity contribution in [3.8, 4) is 0 Å². The van der Waals surface area contributed by atoms with Crippen molar-refractivity contribution in [1.82, 2.24) is 19.8 Å². The van der Waals surface area contributed by atoms with E-state index in [2.05, 4.69) is 14.9 Å². The number of hydrogen-bond acceptors (Lipinski definition) is 5. The van der Waals surface area contributed by atoms with Gasteiger partial charge in [0.2, 0.25) is 0 Å². The summed E-state index contributed by atoms with van der Waals surface area (Å²) in [5.41, 5.74) is 7.23. The third-order valence-electron chi connectivity index (χ3n) is 4.12. The van der Waals surface area contributed by atoms with E-state index < -0.39 is 0 Å². The molecule has 2 N–H and O–H groups in total. The van der Waals surface area contributed by atoms with Crippen LogP contribution in [0.1, 0.15) is 22.5 Å². The highest BCUT2D eigenvalue weighted by molar-refractivity contribution is 6.30. The van der Waals surface area contributed by atoms with E-state index in [0.717, 1.165) is 31.1 Å². The summed E-state index contributed by atoms with van der Waals surface area (Å²) < 4.78 is 0. The van der Waals surface area contributed by atoms with E-state index in [9.17, 15) is 4.79 Å². The molecule has 1 amide bonds. The summed E-state index contributed by atoms with van der Waals surface area (Å²) in [5.74, 6) is 0.0405. The minimum absolute atomic E-state index is 0.144. The molecule has 1 aliphatic heterocycles. The molecule has 1 saturated heterocycles. The van der Waals surface area contributed by atoms with Crippen molar-refractivity contribution in [2.24, 2.45) is 0 Å². The number of nitrogens with two attached hydrogens (primary N) is 1. The van der Waals surface area contributed by atoms with Gasteiger partial charge in [-0.3, -0.25) is 9.69 Å². The lowest BCUT2D eigenvalue weighted by atomic mass is 10.2. The summed E-state index contributed by atoms with van der Waals surface area (Å²) in [4.78, 5) is 24.8. The lowest BCUT2D eigenvalue weighted by Crippen LogP contribution is -2.36. The van der Waals surface area contributed by atoms with Crippen LogP contribution >= 0.6 is 11.6 Å². The van der Waals surface area contributed by atoms with E-state index in [0.29, 0.717) is 13.1 Å². The highest BCUT2D eigenvalue weighted by Gasteiger charge is 2.23. The normalized spacial score (nSPS) is 16.0. The smallest absolute Gasteiger partial charge is 0.276 e. The molecule has 0 spiro atoms.